The minimum atomic E-state index is -0.581. The third-order valence-corrected chi connectivity index (χ3v) is 3.88. The Morgan fingerprint density at radius 2 is 2.20 bits per heavy atom. The van der Waals surface area contributed by atoms with E-state index in [1.54, 1.807) is 12.1 Å². The molecule has 20 heavy (non-hydrogen) atoms. The Labute approximate surface area is 140 Å². The number of nitro groups is 1. The van der Waals surface area contributed by atoms with Crippen LogP contribution in [0.25, 0.3) is 0 Å². The molecule has 0 fully saturated rings. The maximum absolute atomic E-state index is 13.5. The number of nitrogens with one attached hydrogen (secondary N) is 1. The van der Waals surface area contributed by atoms with Gasteiger partial charge in [-0.3, -0.25) is 10.1 Å². The SMILES string of the molecule is O=[N+]([O-])c1cnc(CI)nc1Nc1ccc(I)c(F)c1. The number of nitrogens with zero attached hydrogens (tertiary/aromatic N) is 3. The molecular weight excluding hydrogens is 493 g/mol. The lowest BCUT2D eigenvalue weighted by Crippen LogP contribution is -2.03. The van der Waals surface area contributed by atoms with Crippen molar-refractivity contribution in [2.24, 2.45) is 0 Å². The summed E-state index contributed by atoms with van der Waals surface area (Å²) in [5.74, 6) is 0.114. The van der Waals surface area contributed by atoms with Crippen molar-refractivity contribution in [1.29, 1.82) is 0 Å². The van der Waals surface area contributed by atoms with E-state index in [1.165, 1.54) is 6.07 Å². The van der Waals surface area contributed by atoms with Crippen LogP contribution in [0.5, 0.6) is 0 Å². The number of aromatic nitrogens is 2. The van der Waals surface area contributed by atoms with E-state index in [2.05, 4.69) is 37.9 Å². The number of rotatable bonds is 4. The van der Waals surface area contributed by atoms with Crippen LogP contribution < -0.4 is 5.32 Å². The van der Waals surface area contributed by atoms with Crippen LogP contribution in [0, 0.1) is 19.5 Å². The van der Waals surface area contributed by atoms with Gasteiger partial charge in [-0.25, -0.2) is 14.4 Å². The third kappa shape index (κ3) is 3.50. The summed E-state index contributed by atoms with van der Waals surface area (Å²) in [6.07, 6.45) is 1.15. The maximum Gasteiger partial charge on any atom is 0.329 e. The van der Waals surface area contributed by atoms with Crippen LogP contribution in [-0.4, -0.2) is 14.9 Å². The number of halogens is 3. The van der Waals surface area contributed by atoms with E-state index in [-0.39, 0.29) is 11.5 Å². The van der Waals surface area contributed by atoms with Crippen LogP contribution in [0.2, 0.25) is 0 Å². The number of benzene rings is 1. The summed E-state index contributed by atoms with van der Waals surface area (Å²) in [5, 5.41) is 13.7. The van der Waals surface area contributed by atoms with Gasteiger partial charge < -0.3 is 5.32 Å². The molecule has 0 saturated carbocycles. The molecule has 0 aliphatic carbocycles. The second-order valence-electron chi connectivity index (χ2n) is 3.66. The van der Waals surface area contributed by atoms with Crippen molar-refractivity contribution in [3.8, 4) is 0 Å². The summed E-state index contributed by atoms with van der Waals surface area (Å²) in [6, 6.07) is 4.46. The molecule has 0 amide bonds. The van der Waals surface area contributed by atoms with Crippen molar-refractivity contribution in [3.63, 3.8) is 0 Å². The molecule has 2 rings (SSSR count). The predicted molar refractivity (Wildman–Crippen MR) is 88.8 cm³/mol. The molecule has 0 unspecified atom stereocenters. The minimum absolute atomic E-state index is 0.0530. The average molecular weight is 500 g/mol. The number of anilines is 2. The molecule has 1 aromatic carbocycles. The maximum atomic E-state index is 13.5. The Hall–Kier alpha value is -1.11. The number of alkyl halides is 1. The van der Waals surface area contributed by atoms with Gasteiger partial charge in [0.25, 0.3) is 0 Å². The molecule has 0 aliphatic rings. The van der Waals surface area contributed by atoms with E-state index >= 15 is 0 Å². The average Bonchev–Trinajstić information content (AvgIpc) is 2.42. The molecule has 0 spiro atoms. The third-order valence-electron chi connectivity index (χ3n) is 2.32. The second kappa shape index (κ2) is 6.56. The molecule has 0 radical (unpaired) electrons. The topological polar surface area (TPSA) is 81.0 Å². The quantitative estimate of drug-likeness (QED) is 0.299. The normalized spacial score (nSPS) is 10.3. The van der Waals surface area contributed by atoms with E-state index in [4.69, 9.17) is 0 Å². The lowest BCUT2D eigenvalue weighted by atomic mass is 10.3. The highest BCUT2D eigenvalue weighted by molar-refractivity contribution is 14.1. The van der Waals surface area contributed by atoms with E-state index < -0.39 is 10.7 Å². The molecule has 9 heteroatoms. The molecule has 0 bridgehead atoms. The van der Waals surface area contributed by atoms with E-state index in [9.17, 15) is 14.5 Å². The Bertz CT molecular complexity index is 669. The van der Waals surface area contributed by atoms with Crippen LogP contribution in [0.15, 0.2) is 24.4 Å². The molecule has 104 valence electrons. The van der Waals surface area contributed by atoms with Gasteiger partial charge in [-0.05, 0) is 40.8 Å². The highest BCUT2D eigenvalue weighted by Gasteiger charge is 2.17. The summed E-state index contributed by atoms with van der Waals surface area (Å²) >= 11 is 3.92. The summed E-state index contributed by atoms with van der Waals surface area (Å²) in [5.41, 5.74) is 0.140. The summed E-state index contributed by atoms with van der Waals surface area (Å²) in [6.45, 7) is 0. The van der Waals surface area contributed by atoms with E-state index in [0.29, 0.717) is 19.5 Å². The standard InChI is InChI=1S/C11H7FI2N4O2/c12-7-3-6(1-2-8(7)14)16-11-9(18(19)20)5-15-10(4-13)17-11/h1-3,5H,4H2,(H,15,16,17). The minimum Gasteiger partial charge on any atom is -0.334 e. The highest BCUT2D eigenvalue weighted by Crippen LogP contribution is 2.26. The van der Waals surface area contributed by atoms with E-state index in [1.807, 2.05) is 22.6 Å². The van der Waals surface area contributed by atoms with Crippen LogP contribution in [-0.2, 0) is 4.43 Å². The Morgan fingerprint density at radius 1 is 1.45 bits per heavy atom. The van der Waals surface area contributed by atoms with Gasteiger partial charge in [0.2, 0.25) is 5.82 Å². The highest BCUT2D eigenvalue weighted by atomic mass is 127. The van der Waals surface area contributed by atoms with Gasteiger partial charge in [-0.15, -0.1) is 0 Å². The lowest BCUT2D eigenvalue weighted by molar-refractivity contribution is -0.384. The van der Waals surface area contributed by atoms with Crippen molar-refractivity contribution in [3.05, 3.63) is 49.7 Å². The first-order valence-corrected chi connectivity index (χ1v) is 7.90. The molecule has 0 atom stereocenters. The molecule has 2 aromatic rings. The van der Waals surface area contributed by atoms with Gasteiger partial charge in [-0.2, -0.15) is 0 Å². The van der Waals surface area contributed by atoms with Crippen LogP contribution in [0.3, 0.4) is 0 Å². The van der Waals surface area contributed by atoms with Crippen LogP contribution in [0.4, 0.5) is 21.6 Å². The zero-order valence-electron chi connectivity index (χ0n) is 9.81. The van der Waals surface area contributed by atoms with Crippen molar-refractivity contribution in [1.82, 2.24) is 9.97 Å². The molecular formula is C11H7FI2N4O2. The van der Waals surface area contributed by atoms with Gasteiger partial charge in [0.15, 0.2) is 0 Å². The molecule has 6 nitrogen and oxygen atoms in total. The fraction of sp³-hybridized carbons (Fsp3) is 0.0909. The fourth-order valence-corrected chi connectivity index (χ4v) is 2.12. The zero-order valence-corrected chi connectivity index (χ0v) is 14.1. The summed E-state index contributed by atoms with van der Waals surface area (Å²) in [4.78, 5) is 18.3. The molecule has 1 heterocycles. The van der Waals surface area contributed by atoms with Gasteiger partial charge in [-0.1, -0.05) is 22.6 Å². The van der Waals surface area contributed by atoms with Crippen molar-refractivity contribution in [2.75, 3.05) is 5.32 Å². The largest absolute Gasteiger partial charge is 0.334 e. The van der Waals surface area contributed by atoms with Gasteiger partial charge in [0.1, 0.15) is 17.8 Å². The van der Waals surface area contributed by atoms with Crippen molar-refractivity contribution < 1.29 is 9.31 Å². The molecule has 0 saturated heterocycles. The Morgan fingerprint density at radius 3 is 2.80 bits per heavy atom. The molecule has 0 aliphatic heterocycles. The van der Waals surface area contributed by atoms with E-state index in [0.717, 1.165) is 6.20 Å². The predicted octanol–water partition coefficient (Wildman–Crippen LogP) is 3.81. The second-order valence-corrected chi connectivity index (χ2v) is 5.59. The first-order valence-electron chi connectivity index (χ1n) is 5.29. The summed E-state index contributed by atoms with van der Waals surface area (Å²) < 4.78 is 14.5. The van der Waals surface area contributed by atoms with Crippen LogP contribution in [0.1, 0.15) is 5.82 Å². The Balaban J connectivity index is 2.40. The molecule has 1 aromatic heterocycles. The monoisotopic (exact) mass is 500 g/mol. The van der Waals surface area contributed by atoms with Crippen molar-refractivity contribution in [2.45, 2.75) is 4.43 Å². The Kier molecular flexibility index (Phi) is 5.01. The fourth-order valence-electron chi connectivity index (χ4n) is 1.41. The summed E-state index contributed by atoms with van der Waals surface area (Å²) in [7, 11) is 0. The smallest absolute Gasteiger partial charge is 0.329 e. The number of hydrogen-bond acceptors (Lipinski definition) is 5. The van der Waals surface area contributed by atoms with Crippen LogP contribution >= 0.6 is 45.2 Å². The first-order chi connectivity index (χ1) is 9.51. The lowest BCUT2D eigenvalue weighted by Gasteiger charge is -2.07. The van der Waals surface area contributed by atoms with Crippen molar-refractivity contribution >= 4 is 62.4 Å². The van der Waals surface area contributed by atoms with Gasteiger partial charge >= 0.3 is 5.69 Å². The van der Waals surface area contributed by atoms with Gasteiger partial charge in [0.05, 0.1) is 9.35 Å². The van der Waals surface area contributed by atoms with Gasteiger partial charge in [0, 0.05) is 9.26 Å². The zero-order chi connectivity index (χ0) is 14.7. The molecule has 1 N–H and O–H groups in total. The number of hydrogen-bond donors (Lipinski definition) is 1. The first kappa shape index (κ1) is 15.3.